The number of rotatable bonds is 5. The van der Waals surface area contributed by atoms with E-state index in [4.69, 9.17) is 0 Å². The highest BCUT2D eigenvalue weighted by molar-refractivity contribution is 5.85. The van der Waals surface area contributed by atoms with Crippen molar-refractivity contribution < 1.29 is 23.1 Å². The monoisotopic (exact) mass is 452 g/mol. The number of piperidine rings is 1. The van der Waals surface area contributed by atoms with Crippen LogP contribution < -0.4 is 10.9 Å². The van der Waals surface area contributed by atoms with Crippen LogP contribution in [0.3, 0.4) is 0 Å². The van der Waals surface area contributed by atoms with Gasteiger partial charge in [0, 0.05) is 24.5 Å². The van der Waals surface area contributed by atoms with E-state index >= 15 is 0 Å². The number of alkyl halides is 3. The van der Waals surface area contributed by atoms with E-state index < -0.39 is 35.4 Å². The van der Waals surface area contributed by atoms with Crippen LogP contribution in [-0.2, 0) is 17.5 Å². The predicted molar refractivity (Wildman–Crippen MR) is 112 cm³/mol. The molecule has 32 heavy (non-hydrogen) atoms. The summed E-state index contributed by atoms with van der Waals surface area (Å²) in [7, 11) is 0. The lowest BCUT2D eigenvalue weighted by atomic mass is 10.0. The highest BCUT2D eigenvalue weighted by Gasteiger charge is 2.36. The van der Waals surface area contributed by atoms with E-state index in [0.717, 1.165) is 42.3 Å². The van der Waals surface area contributed by atoms with Gasteiger partial charge in [0.1, 0.15) is 6.54 Å². The second-order valence-corrected chi connectivity index (χ2v) is 9.02. The Morgan fingerprint density at radius 3 is 2.59 bits per heavy atom. The van der Waals surface area contributed by atoms with Crippen molar-refractivity contribution in [2.24, 2.45) is 0 Å². The van der Waals surface area contributed by atoms with Gasteiger partial charge in [-0.25, -0.2) is 4.68 Å². The zero-order valence-electron chi connectivity index (χ0n) is 18.0. The molecule has 2 aliphatic rings. The van der Waals surface area contributed by atoms with E-state index in [9.17, 15) is 27.9 Å². The number of hydrogen-bond donors (Lipinski definition) is 2. The molecule has 2 heterocycles. The second-order valence-electron chi connectivity index (χ2n) is 9.02. The second kappa shape index (κ2) is 8.47. The fourth-order valence-corrected chi connectivity index (χ4v) is 4.29. The summed E-state index contributed by atoms with van der Waals surface area (Å²) in [5.74, 6) is -0.731. The van der Waals surface area contributed by atoms with Crippen LogP contribution in [-0.4, -0.2) is 57.0 Å². The van der Waals surface area contributed by atoms with Gasteiger partial charge >= 0.3 is 6.18 Å². The Labute approximate surface area is 183 Å². The number of amides is 1. The molecule has 1 aromatic carbocycles. The van der Waals surface area contributed by atoms with Crippen LogP contribution in [0.25, 0.3) is 10.8 Å². The van der Waals surface area contributed by atoms with Crippen molar-refractivity contribution in [2.45, 2.75) is 69.9 Å². The first kappa shape index (κ1) is 22.7. The molecule has 7 nitrogen and oxygen atoms in total. The van der Waals surface area contributed by atoms with Gasteiger partial charge in [-0.05, 0) is 43.4 Å². The summed E-state index contributed by atoms with van der Waals surface area (Å²) in [5, 5.41) is 17.5. The molecule has 2 aromatic rings. The van der Waals surface area contributed by atoms with Crippen molar-refractivity contribution >= 4 is 16.7 Å². The van der Waals surface area contributed by atoms with Crippen molar-refractivity contribution in [3.8, 4) is 0 Å². The normalized spacial score (nSPS) is 22.5. The Morgan fingerprint density at radius 2 is 1.97 bits per heavy atom. The fraction of sp³-hybridized carbons (Fsp3) is 0.591. The SMILES string of the molecule is CC(C)c1nn(CC(=O)N[C@H]2CN(C3CC3)CC[C@H]2O)c(=O)c2ccc(C(F)(F)F)cc12. The molecule has 1 saturated heterocycles. The molecule has 2 N–H and O–H groups in total. The van der Waals surface area contributed by atoms with Crippen molar-refractivity contribution in [3.05, 3.63) is 39.8 Å². The fourth-order valence-electron chi connectivity index (χ4n) is 4.29. The van der Waals surface area contributed by atoms with Gasteiger partial charge < -0.3 is 10.4 Å². The maximum absolute atomic E-state index is 13.2. The van der Waals surface area contributed by atoms with E-state index in [1.807, 2.05) is 0 Å². The van der Waals surface area contributed by atoms with Crippen LogP contribution in [0.2, 0.25) is 0 Å². The van der Waals surface area contributed by atoms with Crippen LogP contribution in [0, 0.1) is 0 Å². The summed E-state index contributed by atoms with van der Waals surface area (Å²) in [6.45, 7) is 4.50. The lowest BCUT2D eigenvalue weighted by Gasteiger charge is -2.36. The minimum absolute atomic E-state index is 0.0853. The number of carbonyl (C=O) groups is 1. The molecular formula is C22H27F3N4O3. The van der Waals surface area contributed by atoms with E-state index in [1.165, 1.54) is 0 Å². The molecule has 0 bridgehead atoms. The van der Waals surface area contributed by atoms with Crippen molar-refractivity contribution in [1.82, 2.24) is 20.0 Å². The molecule has 0 radical (unpaired) electrons. The van der Waals surface area contributed by atoms with Gasteiger partial charge in [0.2, 0.25) is 5.91 Å². The summed E-state index contributed by atoms with van der Waals surface area (Å²) < 4.78 is 40.5. The lowest BCUT2D eigenvalue weighted by Crippen LogP contribution is -2.56. The van der Waals surface area contributed by atoms with Crippen LogP contribution in [0.4, 0.5) is 13.2 Å². The zero-order chi connectivity index (χ0) is 23.2. The third-order valence-electron chi connectivity index (χ3n) is 6.17. The molecule has 1 saturated carbocycles. The number of hydrogen-bond acceptors (Lipinski definition) is 5. The number of fused-ring (bicyclic) bond motifs is 1. The number of aromatic nitrogens is 2. The minimum Gasteiger partial charge on any atom is -0.391 e. The third-order valence-corrected chi connectivity index (χ3v) is 6.17. The largest absolute Gasteiger partial charge is 0.416 e. The Hall–Kier alpha value is -2.46. The quantitative estimate of drug-likeness (QED) is 0.727. The molecule has 1 aliphatic heterocycles. The Morgan fingerprint density at radius 1 is 1.25 bits per heavy atom. The van der Waals surface area contributed by atoms with Gasteiger partial charge in [-0.3, -0.25) is 14.5 Å². The molecule has 1 amide bonds. The van der Waals surface area contributed by atoms with Crippen molar-refractivity contribution in [3.63, 3.8) is 0 Å². The molecule has 4 rings (SSSR count). The molecule has 10 heteroatoms. The maximum atomic E-state index is 13.2. The highest BCUT2D eigenvalue weighted by atomic mass is 19.4. The van der Waals surface area contributed by atoms with Crippen LogP contribution in [0.1, 0.15) is 50.3 Å². The molecule has 2 fully saturated rings. The van der Waals surface area contributed by atoms with Gasteiger partial charge in [0.05, 0.1) is 28.8 Å². The average molecular weight is 452 g/mol. The van der Waals surface area contributed by atoms with Gasteiger partial charge in [0.15, 0.2) is 0 Å². The summed E-state index contributed by atoms with van der Waals surface area (Å²) >= 11 is 0. The lowest BCUT2D eigenvalue weighted by molar-refractivity contribution is -0.137. The van der Waals surface area contributed by atoms with Gasteiger partial charge in [-0.1, -0.05) is 13.8 Å². The molecular weight excluding hydrogens is 425 g/mol. The average Bonchev–Trinajstić information content (AvgIpc) is 3.56. The zero-order valence-corrected chi connectivity index (χ0v) is 18.0. The molecule has 0 spiro atoms. The molecule has 0 unspecified atom stereocenters. The molecule has 1 aromatic heterocycles. The first-order chi connectivity index (χ1) is 15.0. The highest BCUT2D eigenvalue weighted by Crippen LogP contribution is 2.32. The van der Waals surface area contributed by atoms with Crippen LogP contribution >= 0.6 is 0 Å². The Kier molecular flexibility index (Phi) is 6.02. The first-order valence-electron chi connectivity index (χ1n) is 10.9. The number of halogens is 3. The smallest absolute Gasteiger partial charge is 0.391 e. The first-order valence-corrected chi connectivity index (χ1v) is 10.9. The number of nitrogens with one attached hydrogen (secondary N) is 1. The topological polar surface area (TPSA) is 87.5 Å². The van der Waals surface area contributed by atoms with E-state index in [0.29, 0.717) is 24.7 Å². The summed E-state index contributed by atoms with van der Waals surface area (Å²) in [5.41, 5.74) is -1.16. The van der Waals surface area contributed by atoms with Gasteiger partial charge in [0.25, 0.3) is 5.56 Å². The summed E-state index contributed by atoms with van der Waals surface area (Å²) in [6.07, 6.45) is -2.38. The molecule has 174 valence electrons. The van der Waals surface area contributed by atoms with Crippen molar-refractivity contribution in [2.75, 3.05) is 13.1 Å². The van der Waals surface area contributed by atoms with Crippen LogP contribution in [0.5, 0.6) is 0 Å². The Bertz CT molecular complexity index is 1080. The molecule has 2 atom stereocenters. The number of carbonyl (C=O) groups excluding carboxylic acids is 1. The van der Waals surface area contributed by atoms with Gasteiger partial charge in [-0.15, -0.1) is 0 Å². The number of aliphatic hydroxyl groups is 1. The minimum atomic E-state index is -4.54. The predicted octanol–water partition coefficient (Wildman–Crippen LogP) is 2.25. The van der Waals surface area contributed by atoms with E-state index in [1.54, 1.807) is 13.8 Å². The number of aliphatic hydroxyl groups excluding tert-OH is 1. The van der Waals surface area contributed by atoms with E-state index in [-0.39, 0.29) is 23.2 Å². The van der Waals surface area contributed by atoms with Crippen LogP contribution in [0.15, 0.2) is 23.0 Å². The molecule has 1 aliphatic carbocycles. The Balaban J connectivity index is 1.59. The maximum Gasteiger partial charge on any atom is 0.416 e. The van der Waals surface area contributed by atoms with Crippen molar-refractivity contribution in [1.29, 1.82) is 0 Å². The number of likely N-dealkylation sites (tertiary alicyclic amines) is 1. The summed E-state index contributed by atoms with van der Waals surface area (Å²) in [4.78, 5) is 27.8. The standard InChI is InChI=1S/C22H27F3N4O3/c1-12(2)20-16-9-13(22(23,24)25)3-6-15(16)21(32)29(27-20)11-19(31)26-17-10-28(14-4-5-14)8-7-18(17)30/h3,6,9,12,14,17-18,30H,4-5,7-8,10-11H2,1-2H3,(H,26,31)/t17-,18+/m0/s1. The van der Waals surface area contributed by atoms with Gasteiger partial charge in [-0.2, -0.15) is 18.3 Å². The number of benzene rings is 1. The number of nitrogens with zero attached hydrogens (tertiary/aromatic N) is 3. The van der Waals surface area contributed by atoms with E-state index in [2.05, 4.69) is 15.3 Å². The third kappa shape index (κ3) is 4.66. The summed E-state index contributed by atoms with van der Waals surface area (Å²) in [6, 6.07) is 3.02.